The highest BCUT2D eigenvalue weighted by atomic mass is 35.5. The molecule has 0 N–H and O–H groups in total. The Labute approximate surface area is 189 Å². The number of nitrogens with zero attached hydrogens (tertiary/aromatic N) is 2. The number of ketones is 1. The molecule has 1 aliphatic carbocycles. The van der Waals surface area contributed by atoms with Crippen molar-refractivity contribution in [1.82, 2.24) is 10.0 Å². The molecule has 0 spiro atoms. The quantitative estimate of drug-likeness (QED) is 0.491. The standard InChI is InChI=1S/C23H20Cl2N2O4/c24-15-10-11-18(19(25)12-15)21(29)26(13-20(28)14-6-2-1-3-7-14)27-22(30)16-8-4-5-9-17(16)23(27)31/h1-3,6-7,10-12,16-17H,4-5,8-9,13H2/t16-,17-/m0/s1. The van der Waals surface area contributed by atoms with Crippen molar-refractivity contribution in [2.24, 2.45) is 11.8 Å². The number of hydrazine groups is 1. The van der Waals surface area contributed by atoms with Crippen LogP contribution in [0.4, 0.5) is 0 Å². The second kappa shape index (κ2) is 8.81. The minimum atomic E-state index is -0.703. The summed E-state index contributed by atoms with van der Waals surface area (Å²) < 4.78 is 0. The molecule has 2 aromatic carbocycles. The number of Topliss-reactive ketones (excluding diaryl/α,β-unsaturated/α-hetero) is 1. The van der Waals surface area contributed by atoms with Crippen LogP contribution in [0.25, 0.3) is 0 Å². The molecule has 8 heteroatoms. The van der Waals surface area contributed by atoms with E-state index in [1.165, 1.54) is 18.2 Å². The van der Waals surface area contributed by atoms with Gasteiger partial charge in [0.1, 0.15) is 6.54 Å². The average Bonchev–Trinajstić information content (AvgIpc) is 3.02. The number of hydrogen-bond acceptors (Lipinski definition) is 4. The number of hydrogen-bond donors (Lipinski definition) is 0. The summed E-state index contributed by atoms with van der Waals surface area (Å²) in [6, 6.07) is 12.7. The van der Waals surface area contributed by atoms with Gasteiger partial charge in [0.25, 0.3) is 17.7 Å². The molecule has 3 amide bonds. The Hall–Kier alpha value is -2.70. The number of carbonyl (C=O) groups excluding carboxylic acids is 4. The van der Waals surface area contributed by atoms with E-state index in [0.29, 0.717) is 23.4 Å². The van der Waals surface area contributed by atoms with Crippen LogP contribution in [0.15, 0.2) is 48.5 Å². The summed E-state index contributed by atoms with van der Waals surface area (Å²) in [6.45, 7) is -0.460. The lowest BCUT2D eigenvalue weighted by atomic mass is 9.81. The molecular weight excluding hydrogens is 439 g/mol. The van der Waals surface area contributed by atoms with Gasteiger partial charge in [-0.1, -0.05) is 66.4 Å². The maximum atomic E-state index is 13.4. The molecule has 2 atom stereocenters. The average molecular weight is 459 g/mol. The maximum absolute atomic E-state index is 13.4. The Balaban J connectivity index is 1.72. The van der Waals surface area contributed by atoms with Crippen molar-refractivity contribution in [2.45, 2.75) is 25.7 Å². The molecule has 31 heavy (non-hydrogen) atoms. The van der Waals surface area contributed by atoms with E-state index in [0.717, 1.165) is 22.9 Å². The van der Waals surface area contributed by atoms with Crippen LogP contribution >= 0.6 is 23.2 Å². The van der Waals surface area contributed by atoms with Crippen LogP contribution in [0.2, 0.25) is 10.0 Å². The summed E-state index contributed by atoms with van der Waals surface area (Å²) in [5.74, 6) is -2.88. The molecule has 1 aliphatic heterocycles. The summed E-state index contributed by atoms with van der Waals surface area (Å²) in [4.78, 5) is 52.6. The zero-order chi connectivity index (χ0) is 22.1. The molecule has 0 aromatic heterocycles. The molecular formula is C23H20Cl2N2O4. The van der Waals surface area contributed by atoms with Gasteiger partial charge in [0.2, 0.25) is 0 Å². The number of carbonyl (C=O) groups is 4. The molecule has 2 aliphatic rings. The molecule has 2 aromatic rings. The van der Waals surface area contributed by atoms with E-state index in [2.05, 4.69) is 0 Å². The van der Waals surface area contributed by atoms with Gasteiger partial charge in [0.05, 0.1) is 22.4 Å². The van der Waals surface area contributed by atoms with E-state index >= 15 is 0 Å². The van der Waals surface area contributed by atoms with Crippen molar-refractivity contribution >= 4 is 46.7 Å². The van der Waals surface area contributed by atoms with Gasteiger partial charge in [-0.2, -0.15) is 5.01 Å². The Morgan fingerprint density at radius 2 is 1.55 bits per heavy atom. The minimum absolute atomic E-state index is 0.0578. The minimum Gasteiger partial charge on any atom is -0.292 e. The monoisotopic (exact) mass is 458 g/mol. The lowest BCUT2D eigenvalue weighted by Crippen LogP contribution is -2.52. The van der Waals surface area contributed by atoms with E-state index < -0.39 is 41.9 Å². The molecule has 0 unspecified atom stereocenters. The number of rotatable bonds is 5. The summed E-state index contributed by atoms with van der Waals surface area (Å²) >= 11 is 12.2. The van der Waals surface area contributed by atoms with E-state index in [1.807, 2.05) is 0 Å². The van der Waals surface area contributed by atoms with Gasteiger partial charge in [-0.15, -0.1) is 0 Å². The van der Waals surface area contributed by atoms with Gasteiger partial charge in [-0.05, 0) is 31.0 Å². The molecule has 6 nitrogen and oxygen atoms in total. The Morgan fingerprint density at radius 3 is 2.13 bits per heavy atom. The van der Waals surface area contributed by atoms with Gasteiger partial charge in [0, 0.05) is 10.6 Å². The highest BCUT2D eigenvalue weighted by molar-refractivity contribution is 6.36. The van der Waals surface area contributed by atoms with Crippen molar-refractivity contribution in [2.75, 3.05) is 6.54 Å². The predicted molar refractivity (Wildman–Crippen MR) is 116 cm³/mol. The van der Waals surface area contributed by atoms with Crippen LogP contribution in [0.1, 0.15) is 46.4 Å². The zero-order valence-corrected chi connectivity index (χ0v) is 18.1. The first kappa shape index (κ1) is 21.5. The Morgan fingerprint density at radius 1 is 0.935 bits per heavy atom. The van der Waals surface area contributed by atoms with E-state index in [4.69, 9.17) is 23.2 Å². The predicted octanol–water partition coefficient (Wildman–Crippen LogP) is 4.41. The summed E-state index contributed by atoms with van der Waals surface area (Å²) in [6.07, 6.45) is 2.91. The molecule has 4 rings (SSSR count). The third-order valence-electron chi connectivity index (χ3n) is 5.84. The van der Waals surface area contributed by atoms with Crippen molar-refractivity contribution in [3.05, 3.63) is 69.7 Å². The Bertz CT molecular complexity index is 1030. The highest BCUT2D eigenvalue weighted by Gasteiger charge is 2.51. The smallest absolute Gasteiger partial charge is 0.274 e. The topological polar surface area (TPSA) is 74.8 Å². The van der Waals surface area contributed by atoms with E-state index in [1.54, 1.807) is 30.3 Å². The maximum Gasteiger partial charge on any atom is 0.274 e. The molecule has 2 fully saturated rings. The first-order valence-electron chi connectivity index (χ1n) is 10.1. The third kappa shape index (κ3) is 4.10. The molecule has 1 saturated heterocycles. The van der Waals surface area contributed by atoms with Crippen molar-refractivity contribution in [1.29, 1.82) is 0 Å². The fourth-order valence-corrected chi connectivity index (χ4v) is 4.76. The van der Waals surface area contributed by atoms with Gasteiger partial charge in [-0.25, -0.2) is 5.01 Å². The van der Waals surface area contributed by atoms with Crippen LogP contribution in [-0.2, 0) is 9.59 Å². The van der Waals surface area contributed by atoms with Crippen LogP contribution in [0.5, 0.6) is 0 Å². The van der Waals surface area contributed by atoms with Gasteiger partial charge in [-0.3, -0.25) is 19.2 Å². The second-order valence-electron chi connectivity index (χ2n) is 7.76. The molecule has 0 radical (unpaired) electrons. The summed E-state index contributed by atoms with van der Waals surface area (Å²) in [5.41, 5.74) is 0.432. The molecule has 0 bridgehead atoms. The second-order valence-corrected chi connectivity index (χ2v) is 8.61. The number of benzene rings is 2. The van der Waals surface area contributed by atoms with Crippen LogP contribution in [0.3, 0.4) is 0 Å². The Kier molecular flexibility index (Phi) is 6.12. The number of imide groups is 1. The first-order valence-corrected chi connectivity index (χ1v) is 10.9. The SMILES string of the molecule is O=C(CN(C(=O)c1ccc(Cl)cc1Cl)N1C(=O)[C@H]2CCCC[C@@H]2C1=O)c1ccccc1. The number of amides is 3. The fourth-order valence-electron chi connectivity index (χ4n) is 4.27. The first-order chi connectivity index (χ1) is 14.9. The van der Waals surface area contributed by atoms with Gasteiger partial charge < -0.3 is 0 Å². The van der Waals surface area contributed by atoms with Gasteiger partial charge in [0.15, 0.2) is 5.78 Å². The van der Waals surface area contributed by atoms with E-state index in [-0.39, 0.29) is 10.6 Å². The van der Waals surface area contributed by atoms with Crippen molar-refractivity contribution < 1.29 is 19.2 Å². The van der Waals surface area contributed by atoms with Crippen molar-refractivity contribution in [3.8, 4) is 0 Å². The number of fused-ring (bicyclic) bond motifs is 1. The normalized spacial score (nSPS) is 20.5. The fraction of sp³-hybridized carbons (Fsp3) is 0.304. The van der Waals surface area contributed by atoms with Gasteiger partial charge >= 0.3 is 0 Å². The largest absolute Gasteiger partial charge is 0.292 e. The summed E-state index contributed by atoms with van der Waals surface area (Å²) in [7, 11) is 0. The lowest BCUT2D eigenvalue weighted by Gasteiger charge is -2.30. The summed E-state index contributed by atoms with van der Waals surface area (Å²) in [5, 5.41) is 2.22. The highest BCUT2D eigenvalue weighted by Crippen LogP contribution is 2.39. The molecule has 160 valence electrons. The van der Waals surface area contributed by atoms with E-state index in [9.17, 15) is 19.2 Å². The van der Waals surface area contributed by atoms with Crippen LogP contribution < -0.4 is 0 Å². The van der Waals surface area contributed by atoms with Crippen LogP contribution in [-0.4, -0.2) is 40.1 Å². The molecule has 1 heterocycles. The lowest BCUT2D eigenvalue weighted by molar-refractivity contribution is -0.154. The molecule has 1 saturated carbocycles. The van der Waals surface area contributed by atoms with Crippen LogP contribution in [0, 0.1) is 11.8 Å². The third-order valence-corrected chi connectivity index (χ3v) is 6.39. The van der Waals surface area contributed by atoms with Crippen molar-refractivity contribution in [3.63, 3.8) is 0 Å². The zero-order valence-electron chi connectivity index (χ0n) is 16.6. The number of halogens is 2.